The summed E-state index contributed by atoms with van der Waals surface area (Å²) in [6, 6.07) is 0. The van der Waals surface area contributed by atoms with Gasteiger partial charge >= 0.3 is 0 Å². The number of carbonyl (C=O) groups is 2. The number of aliphatic hydroxyl groups is 1. The fraction of sp³-hybridized carbons (Fsp3) is 0.571. The molecule has 0 aromatic carbocycles. The highest BCUT2D eigenvalue weighted by molar-refractivity contribution is 6.02. The van der Waals surface area contributed by atoms with E-state index >= 15 is 0 Å². The van der Waals surface area contributed by atoms with E-state index in [1.54, 1.807) is 6.92 Å². The summed E-state index contributed by atoms with van der Waals surface area (Å²) in [6.07, 6.45) is 0.623. The Hall–Kier alpha value is -1.62. The molecule has 5 nitrogen and oxygen atoms in total. The van der Waals surface area contributed by atoms with Gasteiger partial charge in [-0.3, -0.25) is 9.59 Å². The smallest absolute Gasteiger partial charge is 0.268 e. The molecule has 1 atom stereocenters. The highest BCUT2D eigenvalue weighted by atomic mass is 16.3. The van der Waals surface area contributed by atoms with Gasteiger partial charge in [0, 0.05) is 24.4 Å². The van der Waals surface area contributed by atoms with Crippen LogP contribution < -0.4 is 5.32 Å². The predicted octanol–water partition coefficient (Wildman–Crippen LogP) is 1.45. The summed E-state index contributed by atoms with van der Waals surface area (Å²) in [7, 11) is 0. The molecule has 0 spiro atoms. The highest BCUT2D eigenvalue weighted by Gasteiger charge is 2.21. The van der Waals surface area contributed by atoms with Crippen LogP contribution >= 0.6 is 0 Å². The lowest BCUT2D eigenvalue weighted by Gasteiger charge is -2.09. The third kappa shape index (κ3) is 3.44. The Morgan fingerprint density at radius 1 is 1.42 bits per heavy atom. The van der Waals surface area contributed by atoms with Crippen molar-refractivity contribution in [3.05, 3.63) is 22.5 Å². The Balaban J connectivity index is 2.97. The van der Waals surface area contributed by atoms with E-state index in [1.165, 1.54) is 6.92 Å². The molecule has 0 bridgehead atoms. The summed E-state index contributed by atoms with van der Waals surface area (Å²) in [5, 5.41) is 11.7. The second kappa shape index (κ2) is 6.52. The molecular weight excluding hydrogens is 244 g/mol. The van der Waals surface area contributed by atoms with E-state index in [1.807, 2.05) is 13.8 Å². The van der Waals surface area contributed by atoms with E-state index in [2.05, 4.69) is 10.3 Å². The SMILES string of the molecule is CCc1c(C(=O)NCC(C)CO)[nH]c(C)c1C(C)=O. The molecule has 0 aliphatic carbocycles. The van der Waals surface area contributed by atoms with Gasteiger partial charge in [0.15, 0.2) is 5.78 Å². The monoisotopic (exact) mass is 266 g/mol. The maximum absolute atomic E-state index is 12.1. The Morgan fingerprint density at radius 3 is 2.53 bits per heavy atom. The average Bonchev–Trinajstić information content (AvgIpc) is 2.72. The van der Waals surface area contributed by atoms with Gasteiger partial charge < -0.3 is 15.4 Å². The minimum Gasteiger partial charge on any atom is -0.396 e. The number of aryl methyl sites for hydroxylation is 1. The second-order valence-corrected chi connectivity index (χ2v) is 4.89. The molecule has 1 unspecified atom stereocenters. The maximum Gasteiger partial charge on any atom is 0.268 e. The van der Waals surface area contributed by atoms with Gasteiger partial charge in [0.1, 0.15) is 5.69 Å². The number of H-pyrrole nitrogens is 1. The van der Waals surface area contributed by atoms with Crippen molar-refractivity contribution in [2.45, 2.75) is 34.1 Å². The van der Waals surface area contributed by atoms with Crippen LogP contribution in [0.15, 0.2) is 0 Å². The van der Waals surface area contributed by atoms with Crippen LogP contribution in [0, 0.1) is 12.8 Å². The van der Waals surface area contributed by atoms with Crippen molar-refractivity contribution in [1.29, 1.82) is 0 Å². The first-order valence-corrected chi connectivity index (χ1v) is 6.53. The molecule has 19 heavy (non-hydrogen) atoms. The van der Waals surface area contributed by atoms with Gasteiger partial charge in [0.25, 0.3) is 5.91 Å². The Kier molecular flexibility index (Phi) is 5.30. The van der Waals surface area contributed by atoms with Gasteiger partial charge in [0.2, 0.25) is 0 Å². The molecule has 1 aromatic rings. The van der Waals surface area contributed by atoms with E-state index in [0.717, 1.165) is 11.3 Å². The Labute approximate surface area is 113 Å². The number of amides is 1. The molecule has 3 N–H and O–H groups in total. The fourth-order valence-corrected chi connectivity index (χ4v) is 2.12. The molecule has 0 fully saturated rings. The first-order valence-electron chi connectivity index (χ1n) is 6.53. The molecule has 0 aliphatic rings. The van der Waals surface area contributed by atoms with Gasteiger partial charge in [0.05, 0.1) is 0 Å². The van der Waals surface area contributed by atoms with Crippen LogP contribution in [-0.2, 0) is 6.42 Å². The molecule has 1 rings (SSSR count). The van der Waals surface area contributed by atoms with Crippen molar-refractivity contribution >= 4 is 11.7 Å². The van der Waals surface area contributed by atoms with Crippen molar-refractivity contribution in [2.24, 2.45) is 5.92 Å². The lowest BCUT2D eigenvalue weighted by molar-refractivity contribution is 0.0936. The zero-order valence-corrected chi connectivity index (χ0v) is 12.0. The zero-order valence-electron chi connectivity index (χ0n) is 12.0. The van der Waals surface area contributed by atoms with Crippen LogP contribution in [0.25, 0.3) is 0 Å². The number of ketones is 1. The summed E-state index contributed by atoms with van der Waals surface area (Å²) >= 11 is 0. The molecule has 0 radical (unpaired) electrons. The van der Waals surface area contributed by atoms with E-state index in [9.17, 15) is 9.59 Å². The molecule has 5 heteroatoms. The predicted molar refractivity (Wildman–Crippen MR) is 73.5 cm³/mol. The van der Waals surface area contributed by atoms with Crippen LogP contribution in [0.2, 0.25) is 0 Å². The molecule has 0 saturated carbocycles. The molecule has 1 aromatic heterocycles. The van der Waals surface area contributed by atoms with Gasteiger partial charge in [-0.05, 0) is 31.7 Å². The van der Waals surface area contributed by atoms with Crippen molar-refractivity contribution < 1.29 is 14.7 Å². The average molecular weight is 266 g/mol. The normalized spacial score (nSPS) is 12.3. The first kappa shape index (κ1) is 15.4. The van der Waals surface area contributed by atoms with Crippen molar-refractivity contribution in [3.8, 4) is 0 Å². The standard InChI is InChI=1S/C14H22N2O3/c1-5-11-12(10(4)18)9(3)16-13(11)14(19)15-6-8(2)7-17/h8,16-17H,5-7H2,1-4H3,(H,15,19). The maximum atomic E-state index is 12.1. The molecule has 0 saturated heterocycles. The lowest BCUT2D eigenvalue weighted by atomic mass is 10.0. The quantitative estimate of drug-likeness (QED) is 0.681. The van der Waals surface area contributed by atoms with Crippen LogP contribution in [0.3, 0.4) is 0 Å². The number of aromatic nitrogens is 1. The van der Waals surface area contributed by atoms with Gasteiger partial charge in [-0.15, -0.1) is 0 Å². The summed E-state index contributed by atoms with van der Waals surface area (Å²) in [5.41, 5.74) is 2.56. The third-order valence-electron chi connectivity index (χ3n) is 3.15. The molecule has 1 heterocycles. The number of rotatable bonds is 6. The van der Waals surface area contributed by atoms with Gasteiger partial charge in [-0.1, -0.05) is 13.8 Å². The number of hydrogen-bond donors (Lipinski definition) is 3. The lowest BCUT2D eigenvalue weighted by Crippen LogP contribution is -2.30. The number of aliphatic hydroxyl groups excluding tert-OH is 1. The summed E-state index contributed by atoms with van der Waals surface area (Å²) in [4.78, 5) is 26.7. The minimum atomic E-state index is -0.229. The number of nitrogens with one attached hydrogen (secondary N) is 2. The first-order chi connectivity index (χ1) is 8.92. The van der Waals surface area contributed by atoms with Crippen LogP contribution in [0.1, 0.15) is 52.9 Å². The third-order valence-corrected chi connectivity index (χ3v) is 3.15. The molecular formula is C14H22N2O3. The number of Topliss-reactive ketones (excluding diaryl/α,β-unsaturated/α-hetero) is 1. The van der Waals surface area contributed by atoms with Crippen LogP contribution in [-0.4, -0.2) is 34.9 Å². The van der Waals surface area contributed by atoms with Gasteiger partial charge in [-0.25, -0.2) is 0 Å². The summed E-state index contributed by atoms with van der Waals surface area (Å²) in [6.45, 7) is 7.51. The molecule has 106 valence electrons. The van der Waals surface area contributed by atoms with Crippen molar-refractivity contribution in [1.82, 2.24) is 10.3 Å². The molecule has 1 amide bonds. The highest BCUT2D eigenvalue weighted by Crippen LogP contribution is 2.20. The molecule has 0 aliphatic heterocycles. The van der Waals surface area contributed by atoms with E-state index in [4.69, 9.17) is 5.11 Å². The number of hydrogen-bond acceptors (Lipinski definition) is 3. The Bertz CT molecular complexity index is 477. The summed E-state index contributed by atoms with van der Waals surface area (Å²) < 4.78 is 0. The number of aromatic amines is 1. The van der Waals surface area contributed by atoms with E-state index in [0.29, 0.717) is 24.2 Å². The van der Waals surface area contributed by atoms with Crippen LogP contribution in [0.5, 0.6) is 0 Å². The van der Waals surface area contributed by atoms with E-state index in [-0.39, 0.29) is 24.2 Å². The van der Waals surface area contributed by atoms with Crippen LogP contribution in [0.4, 0.5) is 0 Å². The fourth-order valence-electron chi connectivity index (χ4n) is 2.12. The largest absolute Gasteiger partial charge is 0.396 e. The topological polar surface area (TPSA) is 82.2 Å². The summed E-state index contributed by atoms with van der Waals surface area (Å²) in [5.74, 6) is -0.251. The van der Waals surface area contributed by atoms with Crippen molar-refractivity contribution in [3.63, 3.8) is 0 Å². The number of carbonyl (C=O) groups excluding carboxylic acids is 2. The van der Waals surface area contributed by atoms with E-state index < -0.39 is 0 Å². The zero-order chi connectivity index (χ0) is 14.6. The van der Waals surface area contributed by atoms with Gasteiger partial charge in [-0.2, -0.15) is 0 Å². The Morgan fingerprint density at radius 2 is 2.05 bits per heavy atom. The van der Waals surface area contributed by atoms with Crippen molar-refractivity contribution in [2.75, 3.05) is 13.2 Å². The minimum absolute atomic E-state index is 0.0114. The second-order valence-electron chi connectivity index (χ2n) is 4.89.